The third kappa shape index (κ3) is 5.32. The van der Waals surface area contributed by atoms with E-state index in [1.807, 2.05) is 49.3 Å². The minimum atomic E-state index is -0.0863. The maximum absolute atomic E-state index is 12.4. The molecule has 186 valence electrons. The monoisotopic (exact) mass is 501 g/mol. The van der Waals surface area contributed by atoms with Gasteiger partial charge in [-0.05, 0) is 64.2 Å². The number of benzene rings is 2. The van der Waals surface area contributed by atoms with Gasteiger partial charge in [0.25, 0.3) is 5.91 Å². The van der Waals surface area contributed by atoms with Crippen LogP contribution in [-0.2, 0) is 0 Å². The number of thiazole rings is 1. The van der Waals surface area contributed by atoms with Gasteiger partial charge in [-0.15, -0.1) is 11.3 Å². The van der Waals surface area contributed by atoms with E-state index < -0.39 is 0 Å². The Hall–Kier alpha value is -3.56. The number of likely N-dealkylation sites (N-methyl/N-ethyl adjacent to an activating group) is 1. The lowest BCUT2D eigenvalue weighted by molar-refractivity contribution is 0.0951. The summed E-state index contributed by atoms with van der Waals surface area (Å²) in [6.45, 7) is 4.76. The van der Waals surface area contributed by atoms with Gasteiger partial charge in [-0.1, -0.05) is 18.2 Å². The number of rotatable bonds is 8. The van der Waals surface area contributed by atoms with Gasteiger partial charge in [-0.2, -0.15) is 0 Å². The molecular weight excluding hydrogens is 470 g/mol. The molecule has 0 bridgehead atoms. The van der Waals surface area contributed by atoms with Gasteiger partial charge < -0.3 is 20.4 Å². The number of anilines is 3. The summed E-state index contributed by atoms with van der Waals surface area (Å²) in [6.07, 6.45) is 2.45. The number of carbonyl (C=O) groups is 1. The van der Waals surface area contributed by atoms with Crippen molar-refractivity contribution in [2.45, 2.75) is 25.8 Å². The van der Waals surface area contributed by atoms with Crippen molar-refractivity contribution in [3.8, 4) is 11.4 Å². The molecule has 1 aliphatic heterocycles. The van der Waals surface area contributed by atoms with E-state index in [0.29, 0.717) is 29.8 Å². The summed E-state index contributed by atoms with van der Waals surface area (Å²) in [6, 6.07) is 16.4. The van der Waals surface area contributed by atoms with E-state index in [1.165, 1.54) is 29.9 Å². The molecule has 8 nitrogen and oxygen atoms in total. The average Bonchev–Trinajstić information content (AvgIpc) is 3.53. The maximum Gasteiger partial charge on any atom is 0.251 e. The van der Waals surface area contributed by atoms with Crippen LogP contribution in [0, 0.1) is 0 Å². The highest BCUT2D eigenvalue weighted by Gasteiger charge is 2.21. The number of fused-ring (bicyclic) bond motifs is 1. The largest absolute Gasteiger partial charge is 0.369 e. The molecule has 3 heterocycles. The second-order valence-electron chi connectivity index (χ2n) is 9.40. The first-order valence-corrected chi connectivity index (χ1v) is 13.1. The van der Waals surface area contributed by atoms with Crippen molar-refractivity contribution >= 4 is 44.8 Å². The molecule has 0 spiro atoms. The van der Waals surface area contributed by atoms with Crippen molar-refractivity contribution in [3.05, 3.63) is 59.6 Å². The Bertz CT molecular complexity index is 1350. The van der Waals surface area contributed by atoms with Gasteiger partial charge in [-0.3, -0.25) is 4.79 Å². The minimum absolute atomic E-state index is 0.0863. The van der Waals surface area contributed by atoms with Gasteiger partial charge in [0.15, 0.2) is 11.6 Å². The quantitative estimate of drug-likeness (QED) is 0.359. The first-order valence-electron chi connectivity index (χ1n) is 12.3. The van der Waals surface area contributed by atoms with Crippen LogP contribution in [0.15, 0.2) is 54.0 Å². The van der Waals surface area contributed by atoms with Crippen LogP contribution in [0.25, 0.3) is 21.7 Å². The van der Waals surface area contributed by atoms with Crippen molar-refractivity contribution in [1.82, 2.24) is 25.2 Å². The number of hydrogen-bond acceptors (Lipinski definition) is 8. The molecule has 36 heavy (non-hydrogen) atoms. The maximum atomic E-state index is 12.4. The zero-order valence-corrected chi connectivity index (χ0v) is 21.7. The van der Waals surface area contributed by atoms with Crippen molar-refractivity contribution < 1.29 is 4.79 Å². The Morgan fingerprint density at radius 1 is 1.17 bits per heavy atom. The third-order valence-corrected chi connectivity index (χ3v) is 7.16. The molecule has 0 unspecified atom stereocenters. The van der Waals surface area contributed by atoms with Crippen LogP contribution in [0.3, 0.4) is 0 Å². The Balaban J connectivity index is 1.38. The van der Waals surface area contributed by atoms with Crippen molar-refractivity contribution in [1.29, 1.82) is 0 Å². The molecule has 2 aromatic heterocycles. The number of carbonyl (C=O) groups excluding carboxylic acids is 1. The summed E-state index contributed by atoms with van der Waals surface area (Å²) >= 11 is 1.49. The minimum Gasteiger partial charge on any atom is -0.369 e. The topological polar surface area (TPSA) is 86.3 Å². The van der Waals surface area contributed by atoms with Gasteiger partial charge in [0.05, 0.1) is 5.51 Å². The van der Waals surface area contributed by atoms with Crippen molar-refractivity contribution in [2.75, 3.05) is 43.9 Å². The molecule has 1 aliphatic rings. The zero-order valence-electron chi connectivity index (χ0n) is 20.9. The fourth-order valence-corrected chi connectivity index (χ4v) is 5.12. The number of nitrogens with zero attached hydrogens (tertiary/aromatic N) is 5. The summed E-state index contributed by atoms with van der Waals surface area (Å²) in [5, 5.41) is 6.42. The molecule has 9 heteroatoms. The molecule has 1 atom stereocenters. The van der Waals surface area contributed by atoms with Crippen molar-refractivity contribution in [2.24, 2.45) is 0 Å². The second-order valence-corrected chi connectivity index (χ2v) is 10.2. The Morgan fingerprint density at radius 3 is 2.75 bits per heavy atom. The average molecular weight is 502 g/mol. The van der Waals surface area contributed by atoms with Crippen LogP contribution < -0.4 is 15.5 Å². The first-order chi connectivity index (χ1) is 17.5. The van der Waals surface area contributed by atoms with E-state index in [9.17, 15) is 4.79 Å². The number of hydrogen-bond donors (Lipinski definition) is 2. The summed E-state index contributed by atoms with van der Waals surface area (Å²) < 4.78 is 0. The number of aromatic nitrogens is 3. The number of amides is 1. The highest BCUT2D eigenvalue weighted by atomic mass is 32.1. The SMILES string of the molecule is C[C@H]1CCCN1c1cccc(Nc2nc(-c3ccc(C(=O)NCCN(C)C)cc3)nc3scnc23)c1. The van der Waals surface area contributed by atoms with Crippen LogP contribution in [0.5, 0.6) is 0 Å². The predicted molar refractivity (Wildman–Crippen MR) is 147 cm³/mol. The molecule has 1 saturated heterocycles. The molecular formula is C27H31N7OS. The summed E-state index contributed by atoms with van der Waals surface area (Å²) in [5.74, 6) is 1.18. The first kappa shape index (κ1) is 24.1. The lowest BCUT2D eigenvalue weighted by Crippen LogP contribution is -2.31. The van der Waals surface area contributed by atoms with Crippen molar-refractivity contribution in [3.63, 3.8) is 0 Å². The third-order valence-electron chi connectivity index (χ3n) is 6.44. The molecule has 1 fully saturated rings. The fraction of sp³-hybridized carbons (Fsp3) is 0.333. The van der Waals surface area contributed by atoms with Gasteiger partial charge >= 0.3 is 0 Å². The number of nitrogens with one attached hydrogen (secondary N) is 2. The van der Waals surface area contributed by atoms with Crippen LogP contribution in [0.2, 0.25) is 0 Å². The summed E-state index contributed by atoms with van der Waals surface area (Å²) in [7, 11) is 3.96. The lowest BCUT2D eigenvalue weighted by Gasteiger charge is -2.24. The second kappa shape index (κ2) is 10.6. The molecule has 0 radical (unpaired) electrons. The summed E-state index contributed by atoms with van der Waals surface area (Å²) in [5.41, 5.74) is 6.18. The highest BCUT2D eigenvalue weighted by molar-refractivity contribution is 7.16. The van der Waals surface area contributed by atoms with E-state index in [2.05, 4.69) is 45.6 Å². The van der Waals surface area contributed by atoms with Crippen LogP contribution >= 0.6 is 11.3 Å². The van der Waals surface area contributed by atoms with Crippen LogP contribution in [0.4, 0.5) is 17.2 Å². The van der Waals surface area contributed by atoms with E-state index in [0.717, 1.165) is 34.7 Å². The van der Waals surface area contributed by atoms with Gasteiger partial charge in [-0.25, -0.2) is 15.0 Å². The molecule has 5 rings (SSSR count). The predicted octanol–water partition coefficient (Wildman–Crippen LogP) is 4.78. The lowest BCUT2D eigenvalue weighted by atomic mass is 10.1. The fourth-order valence-electron chi connectivity index (χ4n) is 4.46. The van der Waals surface area contributed by atoms with Crippen LogP contribution in [0.1, 0.15) is 30.1 Å². The van der Waals surface area contributed by atoms with E-state index in [1.54, 1.807) is 5.51 Å². The molecule has 2 aromatic carbocycles. The Kier molecular flexibility index (Phi) is 7.11. The molecule has 2 N–H and O–H groups in total. The highest BCUT2D eigenvalue weighted by Crippen LogP contribution is 2.31. The molecule has 0 saturated carbocycles. The Morgan fingerprint density at radius 2 is 2.00 bits per heavy atom. The zero-order chi connectivity index (χ0) is 25.1. The van der Waals surface area contributed by atoms with Gasteiger partial charge in [0.1, 0.15) is 10.3 Å². The van der Waals surface area contributed by atoms with E-state index >= 15 is 0 Å². The Labute approximate surface area is 215 Å². The van der Waals surface area contributed by atoms with Crippen LogP contribution in [-0.4, -0.2) is 65.5 Å². The van der Waals surface area contributed by atoms with Gasteiger partial charge in [0, 0.05) is 48.2 Å². The normalized spacial score (nSPS) is 15.6. The van der Waals surface area contributed by atoms with E-state index in [4.69, 9.17) is 9.97 Å². The standard InChI is InChI=1S/C27H31N7OS/c1-18-6-5-14-34(18)22-8-4-7-21(16-22)30-25-23-27(36-17-29-23)32-24(31-25)19-9-11-20(12-10-19)26(35)28-13-15-33(2)3/h4,7-12,16-18H,5-6,13-15H2,1-3H3,(H,28,35)(H,30,31,32)/t18-/m0/s1. The van der Waals surface area contributed by atoms with E-state index in [-0.39, 0.29) is 5.91 Å². The molecule has 4 aromatic rings. The molecule has 1 amide bonds. The van der Waals surface area contributed by atoms with Gasteiger partial charge in [0.2, 0.25) is 0 Å². The molecule has 0 aliphatic carbocycles. The smallest absolute Gasteiger partial charge is 0.251 e. The summed E-state index contributed by atoms with van der Waals surface area (Å²) in [4.78, 5) is 31.8.